The quantitative estimate of drug-likeness (QED) is 0.714. The Morgan fingerprint density at radius 1 is 1.44 bits per heavy atom. The molecule has 3 N–H and O–H groups in total. The van der Waals surface area contributed by atoms with Crippen LogP contribution in [-0.4, -0.2) is 55.4 Å². The molecular formula is C13H26N2O3. The van der Waals surface area contributed by atoms with Crippen molar-refractivity contribution in [2.45, 2.75) is 32.2 Å². The van der Waals surface area contributed by atoms with Gasteiger partial charge < -0.3 is 20.5 Å². The number of nitrogens with two attached hydrogens (primary N) is 1. The number of ether oxygens (including phenoxy) is 1. The molecule has 3 atom stereocenters. The fourth-order valence-electron chi connectivity index (χ4n) is 2.49. The summed E-state index contributed by atoms with van der Waals surface area (Å²) in [7, 11) is 1.61. The highest BCUT2D eigenvalue weighted by molar-refractivity contribution is 5.79. The molecular weight excluding hydrogens is 232 g/mol. The number of aliphatic hydroxyl groups is 1. The van der Waals surface area contributed by atoms with Crippen LogP contribution in [0.25, 0.3) is 0 Å². The Balaban J connectivity index is 2.53. The van der Waals surface area contributed by atoms with Gasteiger partial charge in [-0.1, -0.05) is 6.92 Å². The highest BCUT2D eigenvalue weighted by Gasteiger charge is 2.31. The number of carbonyl (C=O) groups excluding carboxylic acids is 1. The van der Waals surface area contributed by atoms with Crippen molar-refractivity contribution in [1.82, 2.24) is 4.90 Å². The first-order valence-electron chi connectivity index (χ1n) is 6.74. The van der Waals surface area contributed by atoms with E-state index in [2.05, 4.69) is 6.92 Å². The Morgan fingerprint density at radius 2 is 2.17 bits per heavy atom. The van der Waals surface area contributed by atoms with E-state index in [-0.39, 0.29) is 24.5 Å². The second-order valence-corrected chi connectivity index (χ2v) is 5.19. The molecule has 18 heavy (non-hydrogen) atoms. The summed E-state index contributed by atoms with van der Waals surface area (Å²) in [6.45, 7) is 3.55. The van der Waals surface area contributed by atoms with Crippen molar-refractivity contribution in [2.24, 2.45) is 17.6 Å². The number of hydrogen-bond acceptors (Lipinski definition) is 4. The first kappa shape index (κ1) is 15.4. The van der Waals surface area contributed by atoms with Crippen molar-refractivity contribution in [3.63, 3.8) is 0 Å². The molecule has 106 valence electrons. The Hall–Kier alpha value is -0.650. The van der Waals surface area contributed by atoms with E-state index in [9.17, 15) is 4.79 Å². The maximum atomic E-state index is 12.4. The summed E-state index contributed by atoms with van der Waals surface area (Å²) in [4.78, 5) is 14.0. The van der Waals surface area contributed by atoms with Gasteiger partial charge in [-0.25, -0.2) is 0 Å². The van der Waals surface area contributed by atoms with Crippen molar-refractivity contribution in [1.29, 1.82) is 0 Å². The highest BCUT2D eigenvalue weighted by Crippen LogP contribution is 2.28. The van der Waals surface area contributed by atoms with Gasteiger partial charge in [-0.3, -0.25) is 4.79 Å². The molecule has 0 spiro atoms. The molecule has 1 fully saturated rings. The SMILES string of the molecule is COCCN(CCO)C(=O)C1CCC(C)C(N)C1. The van der Waals surface area contributed by atoms with Gasteiger partial charge in [0.15, 0.2) is 0 Å². The maximum absolute atomic E-state index is 12.4. The van der Waals surface area contributed by atoms with Gasteiger partial charge in [-0.15, -0.1) is 0 Å². The van der Waals surface area contributed by atoms with Crippen molar-refractivity contribution >= 4 is 5.91 Å². The van der Waals surface area contributed by atoms with Crippen LogP contribution in [0.2, 0.25) is 0 Å². The number of amides is 1. The lowest BCUT2D eigenvalue weighted by Crippen LogP contribution is -2.45. The van der Waals surface area contributed by atoms with Gasteiger partial charge in [0.05, 0.1) is 13.2 Å². The summed E-state index contributed by atoms with van der Waals surface area (Å²) >= 11 is 0. The molecule has 0 radical (unpaired) electrons. The van der Waals surface area contributed by atoms with Gasteiger partial charge in [-0.05, 0) is 25.2 Å². The van der Waals surface area contributed by atoms with E-state index in [0.29, 0.717) is 25.6 Å². The fourth-order valence-corrected chi connectivity index (χ4v) is 2.49. The van der Waals surface area contributed by atoms with Crippen LogP contribution in [0.3, 0.4) is 0 Å². The van der Waals surface area contributed by atoms with Crippen molar-refractivity contribution in [2.75, 3.05) is 33.4 Å². The topological polar surface area (TPSA) is 75.8 Å². The zero-order chi connectivity index (χ0) is 13.5. The van der Waals surface area contributed by atoms with E-state index in [1.807, 2.05) is 0 Å². The molecule has 1 saturated carbocycles. The van der Waals surface area contributed by atoms with Crippen LogP contribution in [0, 0.1) is 11.8 Å². The second kappa shape index (κ2) is 7.71. The summed E-state index contributed by atoms with van der Waals surface area (Å²) in [5.41, 5.74) is 6.04. The summed E-state index contributed by atoms with van der Waals surface area (Å²) in [6.07, 6.45) is 2.67. The zero-order valence-corrected chi connectivity index (χ0v) is 11.5. The molecule has 0 aliphatic heterocycles. The van der Waals surface area contributed by atoms with Crippen LogP contribution in [0.4, 0.5) is 0 Å². The van der Waals surface area contributed by atoms with Crippen LogP contribution in [0.5, 0.6) is 0 Å². The largest absolute Gasteiger partial charge is 0.395 e. The third-order valence-electron chi connectivity index (χ3n) is 3.85. The number of nitrogens with zero attached hydrogens (tertiary/aromatic N) is 1. The number of carbonyl (C=O) groups is 1. The van der Waals surface area contributed by atoms with Crippen LogP contribution in [0.15, 0.2) is 0 Å². The third-order valence-corrected chi connectivity index (χ3v) is 3.85. The van der Waals surface area contributed by atoms with Gasteiger partial charge in [0.1, 0.15) is 0 Å². The third kappa shape index (κ3) is 4.23. The Bertz CT molecular complexity index is 255. The molecule has 0 bridgehead atoms. The normalized spacial score (nSPS) is 28.1. The summed E-state index contributed by atoms with van der Waals surface area (Å²) < 4.78 is 4.99. The Kier molecular flexibility index (Phi) is 6.60. The Morgan fingerprint density at radius 3 is 2.72 bits per heavy atom. The molecule has 0 saturated heterocycles. The first-order valence-corrected chi connectivity index (χ1v) is 6.74. The average Bonchev–Trinajstić information content (AvgIpc) is 2.37. The van der Waals surface area contributed by atoms with Gasteiger partial charge in [0.25, 0.3) is 0 Å². The van der Waals surface area contributed by atoms with E-state index < -0.39 is 0 Å². The van der Waals surface area contributed by atoms with E-state index >= 15 is 0 Å². The van der Waals surface area contributed by atoms with Gasteiger partial charge in [0.2, 0.25) is 5.91 Å². The minimum absolute atomic E-state index is 0.00930. The van der Waals surface area contributed by atoms with Crippen LogP contribution in [0.1, 0.15) is 26.2 Å². The van der Waals surface area contributed by atoms with Crippen molar-refractivity contribution in [3.05, 3.63) is 0 Å². The molecule has 5 heteroatoms. The zero-order valence-electron chi connectivity index (χ0n) is 11.5. The van der Waals surface area contributed by atoms with Crippen LogP contribution >= 0.6 is 0 Å². The summed E-state index contributed by atoms with van der Waals surface area (Å²) in [5, 5.41) is 9.02. The van der Waals surface area contributed by atoms with Gasteiger partial charge in [-0.2, -0.15) is 0 Å². The van der Waals surface area contributed by atoms with E-state index in [4.69, 9.17) is 15.6 Å². The fraction of sp³-hybridized carbons (Fsp3) is 0.923. The molecule has 0 aromatic carbocycles. The standard InChI is InChI=1S/C13H26N2O3/c1-10-3-4-11(9-12(10)14)13(17)15(5-7-16)6-8-18-2/h10-12,16H,3-9,14H2,1-2H3. The molecule has 1 rings (SSSR count). The smallest absolute Gasteiger partial charge is 0.225 e. The van der Waals surface area contributed by atoms with Crippen molar-refractivity contribution in [3.8, 4) is 0 Å². The van der Waals surface area contributed by atoms with Crippen molar-refractivity contribution < 1.29 is 14.6 Å². The lowest BCUT2D eigenvalue weighted by molar-refractivity contribution is -0.138. The summed E-state index contributed by atoms with van der Waals surface area (Å²) in [6, 6.07) is 0.117. The molecule has 3 unspecified atom stereocenters. The monoisotopic (exact) mass is 258 g/mol. The minimum atomic E-state index is -0.00930. The summed E-state index contributed by atoms with van der Waals surface area (Å²) in [5.74, 6) is 0.627. The lowest BCUT2D eigenvalue weighted by atomic mass is 9.79. The molecule has 0 aromatic rings. The minimum Gasteiger partial charge on any atom is -0.395 e. The van der Waals surface area contributed by atoms with E-state index in [1.54, 1.807) is 12.0 Å². The number of rotatable bonds is 6. The molecule has 1 amide bonds. The molecule has 1 aliphatic carbocycles. The number of methoxy groups -OCH3 is 1. The first-order chi connectivity index (χ1) is 8.60. The molecule has 0 aromatic heterocycles. The molecule has 0 heterocycles. The van der Waals surface area contributed by atoms with E-state index in [1.165, 1.54) is 0 Å². The predicted molar refractivity (Wildman–Crippen MR) is 70.0 cm³/mol. The highest BCUT2D eigenvalue weighted by atomic mass is 16.5. The lowest BCUT2D eigenvalue weighted by Gasteiger charge is -2.34. The Labute approximate surface area is 109 Å². The van der Waals surface area contributed by atoms with E-state index in [0.717, 1.165) is 19.3 Å². The number of hydrogen-bond donors (Lipinski definition) is 2. The maximum Gasteiger partial charge on any atom is 0.225 e. The molecule has 5 nitrogen and oxygen atoms in total. The van der Waals surface area contributed by atoms with Crippen LogP contribution < -0.4 is 5.73 Å². The van der Waals surface area contributed by atoms with Gasteiger partial charge in [0, 0.05) is 32.2 Å². The predicted octanol–water partition coefficient (Wildman–Crippen LogP) is 0.217. The number of aliphatic hydroxyl groups excluding tert-OH is 1. The average molecular weight is 258 g/mol. The van der Waals surface area contributed by atoms with Crippen LogP contribution in [-0.2, 0) is 9.53 Å². The van der Waals surface area contributed by atoms with Gasteiger partial charge >= 0.3 is 0 Å². The second-order valence-electron chi connectivity index (χ2n) is 5.19. The molecule has 1 aliphatic rings.